The first-order valence-electron chi connectivity index (χ1n) is 9.35. The van der Waals surface area contributed by atoms with Crippen LogP contribution in [0, 0.1) is 0 Å². The molecular weight excluding hydrogens is 346 g/mol. The molecule has 1 aromatic heterocycles. The van der Waals surface area contributed by atoms with E-state index in [2.05, 4.69) is 10.6 Å². The van der Waals surface area contributed by atoms with Crippen LogP contribution in [0.2, 0.25) is 0 Å². The molecule has 2 atom stereocenters. The fourth-order valence-electron chi connectivity index (χ4n) is 3.78. The summed E-state index contributed by atoms with van der Waals surface area (Å²) < 4.78 is 10.9. The summed E-state index contributed by atoms with van der Waals surface area (Å²) in [6.07, 6.45) is 5.95. The van der Waals surface area contributed by atoms with Crippen LogP contribution in [0.1, 0.15) is 36.2 Å². The van der Waals surface area contributed by atoms with Crippen molar-refractivity contribution >= 4 is 23.3 Å². The number of fused-ring (bicyclic) bond motifs is 1. The second-order valence-electron chi connectivity index (χ2n) is 6.89. The molecule has 4 rings (SSSR count). The number of nitrogens with zero attached hydrogens (tertiary/aromatic N) is 1. The molecule has 7 heteroatoms. The number of furan rings is 1. The third-order valence-corrected chi connectivity index (χ3v) is 5.13. The van der Waals surface area contributed by atoms with Gasteiger partial charge < -0.3 is 24.7 Å². The van der Waals surface area contributed by atoms with E-state index < -0.39 is 0 Å². The Morgan fingerprint density at radius 2 is 1.74 bits per heavy atom. The number of carbonyl (C=O) groups is 2. The van der Waals surface area contributed by atoms with Gasteiger partial charge in [0.25, 0.3) is 5.91 Å². The van der Waals surface area contributed by atoms with E-state index >= 15 is 0 Å². The van der Waals surface area contributed by atoms with E-state index in [1.54, 1.807) is 36.4 Å². The van der Waals surface area contributed by atoms with Crippen molar-refractivity contribution in [2.45, 2.75) is 37.8 Å². The summed E-state index contributed by atoms with van der Waals surface area (Å²) >= 11 is 0. The van der Waals surface area contributed by atoms with E-state index in [9.17, 15) is 9.59 Å². The van der Waals surface area contributed by atoms with Gasteiger partial charge in [0, 0.05) is 17.9 Å². The molecule has 1 aromatic carbocycles. The summed E-state index contributed by atoms with van der Waals surface area (Å²) in [6, 6.07) is 10.4. The van der Waals surface area contributed by atoms with E-state index in [-0.39, 0.29) is 29.8 Å². The zero-order valence-corrected chi connectivity index (χ0v) is 15.0. The highest BCUT2D eigenvalue weighted by Gasteiger charge is 2.36. The molecule has 0 spiro atoms. The number of hydrogen-bond donors (Lipinski definition) is 2. The molecule has 0 radical (unpaired) electrons. The average Bonchev–Trinajstić information content (AvgIpc) is 3.24. The number of morpholine rings is 1. The molecule has 1 aliphatic heterocycles. The first kappa shape index (κ1) is 17.6. The maximum atomic E-state index is 12.7. The fraction of sp³-hybridized carbons (Fsp3) is 0.400. The number of nitrogens with one attached hydrogen (secondary N) is 2. The lowest BCUT2D eigenvalue weighted by molar-refractivity contribution is -0.0694. The zero-order valence-electron chi connectivity index (χ0n) is 15.0. The molecular formula is C20H23N3O4. The van der Waals surface area contributed by atoms with Crippen LogP contribution in [0.15, 0.2) is 47.1 Å². The fourth-order valence-corrected chi connectivity index (χ4v) is 3.78. The van der Waals surface area contributed by atoms with Crippen LogP contribution in [0.3, 0.4) is 0 Å². The summed E-state index contributed by atoms with van der Waals surface area (Å²) in [5.74, 6) is -0.0600. The van der Waals surface area contributed by atoms with Gasteiger partial charge >= 0.3 is 6.03 Å². The smallest absolute Gasteiger partial charge is 0.322 e. The minimum Gasteiger partial charge on any atom is -0.459 e. The maximum Gasteiger partial charge on any atom is 0.322 e. The topological polar surface area (TPSA) is 83.8 Å². The van der Waals surface area contributed by atoms with Crippen LogP contribution in [-0.4, -0.2) is 42.1 Å². The molecule has 2 aromatic rings. The van der Waals surface area contributed by atoms with Crippen molar-refractivity contribution < 1.29 is 18.7 Å². The average molecular weight is 369 g/mol. The highest BCUT2D eigenvalue weighted by molar-refractivity contribution is 6.02. The Labute approximate surface area is 157 Å². The zero-order chi connectivity index (χ0) is 18.6. The normalized spacial score (nSPS) is 22.0. The molecule has 2 N–H and O–H groups in total. The quantitative estimate of drug-likeness (QED) is 0.864. The summed E-state index contributed by atoms with van der Waals surface area (Å²) in [6.45, 7) is 1.20. The molecule has 27 heavy (non-hydrogen) atoms. The highest BCUT2D eigenvalue weighted by Crippen LogP contribution is 2.29. The molecule has 2 heterocycles. The van der Waals surface area contributed by atoms with Gasteiger partial charge in [-0.2, -0.15) is 0 Å². The molecule has 2 fully saturated rings. The molecule has 3 amide bonds. The van der Waals surface area contributed by atoms with E-state index in [0.717, 1.165) is 19.3 Å². The number of ether oxygens (including phenoxy) is 1. The third-order valence-electron chi connectivity index (χ3n) is 5.13. The Bertz CT molecular complexity index is 786. The van der Waals surface area contributed by atoms with Gasteiger partial charge in [0.2, 0.25) is 0 Å². The monoisotopic (exact) mass is 369 g/mol. The Hall–Kier alpha value is -2.80. The summed E-state index contributed by atoms with van der Waals surface area (Å²) in [5, 5.41) is 5.71. The highest BCUT2D eigenvalue weighted by atomic mass is 16.5. The van der Waals surface area contributed by atoms with E-state index in [4.69, 9.17) is 9.15 Å². The van der Waals surface area contributed by atoms with Crippen LogP contribution in [0.4, 0.5) is 16.2 Å². The molecule has 1 saturated carbocycles. The van der Waals surface area contributed by atoms with Crippen molar-refractivity contribution in [2.75, 3.05) is 23.8 Å². The lowest BCUT2D eigenvalue weighted by atomic mass is 9.90. The number of carbonyl (C=O) groups excluding carboxylic acids is 2. The number of rotatable bonds is 3. The minimum absolute atomic E-state index is 0.0948. The first-order chi connectivity index (χ1) is 13.2. The van der Waals surface area contributed by atoms with Crippen molar-refractivity contribution in [3.8, 4) is 0 Å². The SMILES string of the molecule is O=C(Nc1ccc(NC(=O)N2CCOC3CCCCC32)cc1)c1ccco1. The number of hydrogen-bond acceptors (Lipinski definition) is 4. The molecule has 7 nitrogen and oxygen atoms in total. The van der Waals surface area contributed by atoms with Crippen molar-refractivity contribution in [1.29, 1.82) is 0 Å². The van der Waals surface area contributed by atoms with Gasteiger partial charge in [-0.3, -0.25) is 4.79 Å². The Morgan fingerprint density at radius 1 is 1.00 bits per heavy atom. The van der Waals surface area contributed by atoms with Crippen molar-refractivity contribution in [3.63, 3.8) is 0 Å². The minimum atomic E-state index is -0.312. The van der Waals surface area contributed by atoms with Crippen LogP contribution in [0.25, 0.3) is 0 Å². The second-order valence-corrected chi connectivity index (χ2v) is 6.89. The predicted molar refractivity (Wildman–Crippen MR) is 101 cm³/mol. The molecule has 0 bridgehead atoms. The van der Waals surface area contributed by atoms with Gasteiger partial charge in [0.05, 0.1) is 25.0 Å². The molecule has 2 unspecified atom stereocenters. The van der Waals surface area contributed by atoms with E-state index in [1.807, 2.05) is 4.90 Å². The van der Waals surface area contributed by atoms with Gasteiger partial charge in [-0.25, -0.2) is 4.79 Å². The van der Waals surface area contributed by atoms with Crippen molar-refractivity contribution in [2.24, 2.45) is 0 Å². The largest absolute Gasteiger partial charge is 0.459 e. The Kier molecular flexibility index (Phi) is 5.11. The molecule has 142 valence electrons. The van der Waals surface area contributed by atoms with Crippen LogP contribution >= 0.6 is 0 Å². The van der Waals surface area contributed by atoms with Crippen LogP contribution in [0.5, 0.6) is 0 Å². The summed E-state index contributed by atoms with van der Waals surface area (Å²) in [7, 11) is 0. The van der Waals surface area contributed by atoms with Crippen molar-refractivity contribution in [3.05, 3.63) is 48.4 Å². The van der Waals surface area contributed by atoms with Gasteiger partial charge in [-0.15, -0.1) is 0 Å². The maximum absolute atomic E-state index is 12.7. The van der Waals surface area contributed by atoms with Crippen LogP contribution in [-0.2, 0) is 4.74 Å². The number of urea groups is 1. The predicted octanol–water partition coefficient (Wildman–Crippen LogP) is 3.71. The lowest BCUT2D eigenvalue weighted by Crippen LogP contribution is -2.55. The third kappa shape index (κ3) is 3.98. The van der Waals surface area contributed by atoms with Crippen LogP contribution < -0.4 is 10.6 Å². The standard InChI is InChI=1S/C20H23N3O4/c24-19(18-6-3-12-26-18)21-14-7-9-15(10-8-14)22-20(25)23-11-13-27-17-5-2-1-4-16(17)23/h3,6-10,12,16-17H,1-2,4-5,11,13H2,(H,21,24)(H,22,25). The lowest BCUT2D eigenvalue weighted by Gasteiger charge is -2.43. The number of benzene rings is 1. The van der Waals surface area contributed by atoms with E-state index in [1.165, 1.54) is 12.7 Å². The Morgan fingerprint density at radius 3 is 2.48 bits per heavy atom. The van der Waals surface area contributed by atoms with Gasteiger partial charge in [0.1, 0.15) is 0 Å². The second kappa shape index (κ2) is 7.84. The number of anilines is 2. The summed E-state index contributed by atoms with van der Waals surface area (Å²) in [5.41, 5.74) is 1.32. The molecule has 2 aliphatic rings. The summed E-state index contributed by atoms with van der Waals surface area (Å²) in [4.78, 5) is 26.6. The molecule has 1 saturated heterocycles. The van der Waals surface area contributed by atoms with Gasteiger partial charge in [-0.05, 0) is 49.2 Å². The van der Waals surface area contributed by atoms with Crippen molar-refractivity contribution in [1.82, 2.24) is 4.90 Å². The van der Waals surface area contributed by atoms with E-state index in [0.29, 0.717) is 24.5 Å². The first-order valence-corrected chi connectivity index (χ1v) is 9.35. The van der Waals surface area contributed by atoms with Gasteiger partial charge in [-0.1, -0.05) is 12.8 Å². The Balaban J connectivity index is 1.36. The number of amides is 3. The molecule has 1 aliphatic carbocycles. The van der Waals surface area contributed by atoms with Gasteiger partial charge in [0.15, 0.2) is 5.76 Å².